The molecule has 0 fully saturated rings. The number of hydrogen-bond acceptors (Lipinski definition) is 3. The Hall–Kier alpha value is -1.94. The molecule has 1 aromatic rings. The zero-order valence-electron chi connectivity index (χ0n) is 11.8. The maximum absolute atomic E-state index is 10.3. The van der Waals surface area contributed by atoms with Crippen LogP contribution in [-0.2, 0) is 4.79 Å². The van der Waals surface area contributed by atoms with E-state index in [0.717, 1.165) is 18.5 Å². The third kappa shape index (κ3) is 9.73. The minimum Gasteiger partial charge on any atom is -0.478 e. The van der Waals surface area contributed by atoms with E-state index in [1.807, 2.05) is 31.1 Å². The first-order valence-corrected chi connectivity index (χ1v) is 6.04. The van der Waals surface area contributed by atoms with E-state index in [9.17, 15) is 4.79 Å². The summed E-state index contributed by atoms with van der Waals surface area (Å²) in [6.07, 6.45) is 7.82. The lowest BCUT2D eigenvalue weighted by molar-refractivity contribution is -0.132. The van der Waals surface area contributed by atoms with Gasteiger partial charge < -0.3 is 10.0 Å². The number of rotatable bonds is 5. The van der Waals surface area contributed by atoms with Crippen LogP contribution in [0.5, 0.6) is 0 Å². The van der Waals surface area contributed by atoms with Crippen LogP contribution in [0.4, 0.5) is 0 Å². The molecule has 0 radical (unpaired) electrons. The van der Waals surface area contributed by atoms with Gasteiger partial charge in [-0.2, -0.15) is 0 Å². The lowest BCUT2D eigenvalue weighted by Crippen LogP contribution is -2.12. The largest absolute Gasteiger partial charge is 0.478 e. The molecule has 1 heterocycles. The van der Waals surface area contributed by atoms with Gasteiger partial charge in [0.25, 0.3) is 0 Å². The Morgan fingerprint density at radius 1 is 1.42 bits per heavy atom. The fourth-order valence-electron chi connectivity index (χ4n) is 1.13. The molecular formula is C15H22N2O2. The van der Waals surface area contributed by atoms with E-state index in [2.05, 4.69) is 11.6 Å². The topological polar surface area (TPSA) is 53.4 Å². The SMILES string of the molecule is C=Cc1ccncc1.CC(=CCCN(C)C)C(=O)O. The molecule has 0 bridgehead atoms. The standard InChI is InChI=1S/C8H15NO2.C7H7N/c1-7(8(10)11)5-4-6-9(2)3;1-2-7-3-5-8-6-4-7/h5H,4,6H2,1-3H3,(H,10,11);2-6H,1H2. The first kappa shape index (κ1) is 17.1. The highest BCUT2D eigenvalue weighted by Gasteiger charge is 1.97. The molecule has 0 aliphatic carbocycles. The lowest BCUT2D eigenvalue weighted by atomic mass is 10.2. The second-order valence-corrected chi connectivity index (χ2v) is 4.27. The second-order valence-electron chi connectivity index (χ2n) is 4.27. The van der Waals surface area contributed by atoms with Crippen molar-refractivity contribution in [2.75, 3.05) is 20.6 Å². The van der Waals surface area contributed by atoms with Gasteiger partial charge in [0, 0.05) is 24.5 Å². The maximum Gasteiger partial charge on any atom is 0.330 e. The van der Waals surface area contributed by atoms with Gasteiger partial charge in [0.2, 0.25) is 0 Å². The molecule has 0 unspecified atom stereocenters. The number of nitrogens with zero attached hydrogens (tertiary/aromatic N) is 2. The van der Waals surface area contributed by atoms with Crippen LogP contribution in [0.1, 0.15) is 18.9 Å². The van der Waals surface area contributed by atoms with Gasteiger partial charge in [-0.25, -0.2) is 4.79 Å². The first-order valence-electron chi connectivity index (χ1n) is 6.04. The Morgan fingerprint density at radius 3 is 2.37 bits per heavy atom. The molecule has 0 aliphatic heterocycles. The van der Waals surface area contributed by atoms with E-state index in [1.165, 1.54) is 0 Å². The summed E-state index contributed by atoms with van der Waals surface area (Å²) in [5.74, 6) is -0.830. The van der Waals surface area contributed by atoms with Crippen molar-refractivity contribution >= 4 is 12.0 Å². The molecule has 0 spiro atoms. The van der Waals surface area contributed by atoms with Crippen molar-refractivity contribution in [3.8, 4) is 0 Å². The Labute approximate surface area is 115 Å². The molecule has 4 nitrogen and oxygen atoms in total. The van der Waals surface area contributed by atoms with Crippen LogP contribution in [0.2, 0.25) is 0 Å². The van der Waals surface area contributed by atoms with Crippen molar-refractivity contribution in [3.05, 3.63) is 48.3 Å². The molecule has 1 rings (SSSR count). The molecule has 1 aromatic heterocycles. The number of pyridine rings is 1. The van der Waals surface area contributed by atoms with Gasteiger partial charge in [0.05, 0.1) is 0 Å². The van der Waals surface area contributed by atoms with E-state index in [0.29, 0.717) is 5.57 Å². The molecule has 4 heteroatoms. The van der Waals surface area contributed by atoms with E-state index in [4.69, 9.17) is 5.11 Å². The van der Waals surface area contributed by atoms with Gasteiger partial charge in [0.15, 0.2) is 0 Å². The molecule has 104 valence electrons. The van der Waals surface area contributed by atoms with Crippen molar-refractivity contribution < 1.29 is 9.90 Å². The van der Waals surface area contributed by atoms with Gasteiger partial charge in [-0.3, -0.25) is 4.98 Å². The number of aliphatic carboxylic acids is 1. The van der Waals surface area contributed by atoms with E-state index < -0.39 is 5.97 Å². The van der Waals surface area contributed by atoms with Gasteiger partial charge >= 0.3 is 5.97 Å². The summed E-state index contributed by atoms with van der Waals surface area (Å²) >= 11 is 0. The Balaban J connectivity index is 0.000000356. The normalized spacial score (nSPS) is 10.6. The molecular weight excluding hydrogens is 240 g/mol. The average Bonchev–Trinajstić information content (AvgIpc) is 2.39. The summed E-state index contributed by atoms with van der Waals surface area (Å²) < 4.78 is 0. The van der Waals surface area contributed by atoms with Crippen LogP contribution in [-0.4, -0.2) is 41.6 Å². The molecule has 0 aromatic carbocycles. The predicted molar refractivity (Wildman–Crippen MR) is 78.9 cm³/mol. The fourth-order valence-corrected chi connectivity index (χ4v) is 1.13. The van der Waals surface area contributed by atoms with Crippen LogP contribution in [0.15, 0.2) is 42.8 Å². The summed E-state index contributed by atoms with van der Waals surface area (Å²) in [7, 11) is 3.92. The molecule has 0 saturated heterocycles. The summed E-state index contributed by atoms with van der Waals surface area (Å²) in [4.78, 5) is 16.2. The highest BCUT2D eigenvalue weighted by molar-refractivity contribution is 5.85. The monoisotopic (exact) mass is 262 g/mol. The summed E-state index contributed by atoms with van der Waals surface area (Å²) in [5, 5.41) is 8.47. The Morgan fingerprint density at radius 2 is 2.00 bits per heavy atom. The lowest BCUT2D eigenvalue weighted by Gasteiger charge is -2.05. The number of hydrogen-bond donors (Lipinski definition) is 1. The molecule has 0 atom stereocenters. The summed E-state index contributed by atoms with van der Waals surface area (Å²) in [5.41, 5.74) is 1.53. The maximum atomic E-state index is 10.3. The summed E-state index contributed by atoms with van der Waals surface area (Å²) in [6.45, 7) is 6.11. The highest BCUT2D eigenvalue weighted by Crippen LogP contribution is 1.95. The third-order valence-electron chi connectivity index (χ3n) is 2.31. The molecule has 0 saturated carbocycles. The number of carbonyl (C=O) groups is 1. The van der Waals surface area contributed by atoms with Crippen LogP contribution in [0.3, 0.4) is 0 Å². The minimum atomic E-state index is -0.830. The molecule has 0 amide bonds. The third-order valence-corrected chi connectivity index (χ3v) is 2.31. The molecule has 1 N–H and O–H groups in total. The van der Waals surface area contributed by atoms with Gasteiger partial charge in [-0.15, -0.1) is 0 Å². The van der Waals surface area contributed by atoms with Gasteiger partial charge in [-0.1, -0.05) is 18.7 Å². The molecule has 19 heavy (non-hydrogen) atoms. The van der Waals surface area contributed by atoms with Gasteiger partial charge in [0.1, 0.15) is 0 Å². The van der Waals surface area contributed by atoms with Crippen molar-refractivity contribution in [2.45, 2.75) is 13.3 Å². The van der Waals surface area contributed by atoms with Crippen molar-refractivity contribution in [1.29, 1.82) is 0 Å². The van der Waals surface area contributed by atoms with Crippen LogP contribution in [0, 0.1) is 0 Å². The summed E-state index contributed by atoms with van der Waals surface area (Å²) in [6, 6.07) is 3.82. The number of carboxylic acid groups (broad SMARTS) is 1. The average molecular weight is 262 g/mol. The quantitative estimate of drug-likeness (QED) is 0.829. The Kier molecular flexibility index (Phi) is 9.00. The van der Waals surface area contributed by atoms with Crippen molar-refractivity contribution in [3.63, 3.8) is 0 Å². The zero-order chi connectivity index (χ0) is 14.7. The van der Waals surface area contributed by atoms with Crippen molar-refractivity contribution in [2.24, 2.45) is 0 Å². The smallest absolute Gasteiger partial charge is 0.330 e. The van der Waals surface area contributed by atoms with Crippen molar-refractivity contribution in [1.82, 2.24) is 9.88 Å². The predicted octanol–water partition coefficient (Wildman–Crippen LogP) is 2.69. The first-order chi connectivity index (χ1) is 8.97. The molecule has 0 aliphatic rings. The zero-order valence-corrected chi connectivity index (χ0v) is 11.8. The van der Waals surface area contributed by atoms with Crippen LogP contribution in [0.25, 0.3) is 6.08 Å². The van der Waals surface area contributed by atoms with E-state index in [1.54, 1.807) is 31.5 Å². The Bertz CT molecular complexity index is 411. The minimum absolute atomic E-state index is 0.423. The highest BCUT2D eigenvalue weighted by atomic mass is 16.4. The van der Waals surface area contributed by atoms with E-state index in [-0.39, 0.29) is 0 Å². The fraction of sp³-hybridized carbons (Fsp3) is 0.333. The van der Waals surface area contributed by atoms with Gasteiger partial charge in [-0.05, 0) is 45.1 Å². The number of aromatic nitrogens is 1. The van der Waals surface area contributed by atoms with Crippen LogP contribution < -0.4 is 0 Å². The second kappa shape index (κ2) is 10.0. The number of carboxylic acids is 1. The van der Waals surface area contributed by atoms with E-state index >= 15 is 0 Å². The van der Waals surface area contributed by atoms with Crippen LogP contribution >= 0.6 is 0 Å².